The summed E-state index contributed by atoms with van der Waals surface area (Å²) in [6.45, 7) is 0.585. The van der Waals surface area contributed by atoms with Crippen LogP contribution >= 0.6 is 0 Å². The van der Waals surface area contributed by atoms with Crippen molar-refractivity contribution in [2.75, 3.05) is 25.1 Å². The number of carboxylic acid groups (broad SMARTS) is 1. The SMILES string of the molecule is CO/N=C1/CC(CN)N(c2nc3c(cc2F)c(=O)c(C(=O)O)cn3C2CC2)C1. The van der Waals surface area contributed by atoms with Crippen molar-refractivity contribution in [3.63, 3.8) is 0 Å². The van der Waals surface area contributed by atoms with E-state index >= 15 is 0 Å². The largest absolute Gasteiger partial charge is 0.477 e. The minimum Gasteiger partial charge on any atom is -0.477 e. The minimum atomic E-state index is -1.34. The molecule has 2 aliphatic rings. The van der Waals surface area contributed by atoms with Crippen LogP contribution in [0.15, 0.2) is 22.2 Å². The van der Waals surface area contributed by atoms with E-state index in [1.807, 2.05) is 0 Å². The zero-order valence-electron chi connectivity index (χ0n) is 15.3. The number of carbonyl (C=O) groups is 1. The van der Waals surface area contributed by atoms with E-state index < -0.39 is 17.2 Å². The van der Waals surface area contributed by atoms with E-state index in [9.17, 15) is 19.1 Å². The van der Waals surface area contributed by atoms with Gasteiger partial charge in [0.2, 0.25) is 5.43 Å². The molecule has 0 spiro atoms. The molecule has 1 unspecified atom stereocenters. The quantitative estimate of drug-likeness (QED) is 0.734. The molecule has 1 aliphatic heterocycles. The number of anilines is 1. The highest BCUT2D eigenvalue weighted by Crippen LogP contribution is 2.37. The summed E-state index contributed by atoms with van der Waals surface area (Å²) in [6.07, 6.45) is 3.54. The van der Waals surface area contributed by atoms with E-state index in [0.717, 1.165) is 24.6 Å². The molecule has 10 heteroatoms. The van der Waals surface area contributed by atoms with Gasteiger partial charge in [-0.1, -0.05) is 5.16 Å². The monoisotopic (exact) mass is 389 g/mol. The number of hydrogen-bond acceptors (Lipinski definition) is 7. The molecule has 9 nitrogen and oxygen atoms in total. The van der Waals surface area contributed by atoms with Crippen LogP contribution in [0.2, 0.25) is 0 Å². The minimum absolute atomic E-state index is 0.0395. The zero-order valence-corrected chi connectivity index (χ0v) is 15.3. The van der Waals surface area contributed by atoms with Crippen LogP contribution in [-0.4, -0.2) is 52.6 Å². The van der Waals surface area contributed by atoms with Gasteiger partial charge in [-0.25, -0.2) is 14.2 Å². The van der Waals surface area contributed by atoms with Crippen LogP contribution in [0.5, 0.6) is 0 Å². The second-order valence-corrected chi connectivity index (χ2v) is 7.04. The van der Waals surface area contributed by atoms with E-state index in [-0.39, 0.29) is 41.0 Å². The predicted molar refractivity (Wildman–Crippen MR) is 100 cm³/mol. The lowest BCUT2D eigenvalue weighted by Crippen LogP contribution is -2.36. The fraction of sp³-hybridized carbons (Fsp3) is 0.444. The van der Waals surface area contributed by atoms with Gasteiger partial charge in [-0.15, -0.1) is 0 Å². The predicted octanol–water partition coefficient (Wildman–Crippen LogP) is 1.11. The molecule has 1 aliphatic carbocycles. The number of aromatic nitrogens is 2. The Labute approximate surface area is 159 Å². The van der Waals surface area contributed by atoms with Gasteiger partial charge in [0.25, 0.3) is 0 Å². The van der Waals surface area contributed by atoms with Crippen LogP contribution in [-0.2, 0) is 4.84 Å². The zero-order chi connectivity index (χ0) is 20.0. The maximum absolute atomic E-state index is 14.9. The van der Waals surface area contributed by atoms with Crippen LogP contribution in [0.3, 0.4) is 0 Å². The highest BCUT2D eigenvalue weighted by atomic mass is 19.1. The first-order valence-electron chi connectivity index (χ1n) is 8.98. The molecule has 0 aromatic carbocycles. The molecule has 0 bridgehead atoms. The van der Waals surface area contributed by atoms with Gasteiger partial charge in [0, 0.05) is 31.2 Å². The maximum Gasteiger partial charge on any atom is 0.341 e. The molecular formula is C18H20FN5O4. The molecule has 0 radical (unpaired) electrons. The Kier molecular flexibility index (Phi) is 4.50. The third kappa shape index (κ3) is 2.99. The van der Waals surface area contributed by atoms with E-state index in [2.05, 4.69) is 10.1 Å². The number of halogens is 1. The summed E-state index contributed by atoms with van der Waals surface area (Å²) in [4.78, 5) is 34.9. The van der Waals surface area contributed by atoms with Gasteiger partial charge in [0.05, 0.1) is 17.6 Å². The van der Waals surface area contributed by atoms with Crippen molar-refractivity contribution in [2.45, 2.75) is 31.3 Å². The molecular weight excluding hydrogens is 369 g/mol. The van der Waals surface area contributed by atoms with Crippen LogP contribution in [0.1, 0.15) is 35.7 Å². The van der Waals surface area contributed by atoms with Crippen LogP contribution < -0.4 is 16.1 Å². The topological polar surface area (TPSA) is 123 Å². The molecule has 1 atom stereocenters. The van der Waals surface area contributed by atoms with Gasteiger partial charge in [-0.3, -0.25) is 4.79 Å². The van der Waals surface area contributed by atoms with Crippen molar-refractivity contribution in [1.82, 2.24) is 9.55 Å². The summed E-state index contributed by atoms with van der Waals surface area (Å²) in [5, 5.41) is 13.2. The second-order valence-electron chi connectivity index (χ2n) is 7.04. The van der Waals surface area contributed by atoms with Gasteiger partial charge < -0.3 is 25.1 Å². The molecule has 0 amide bonds. The number of carboxylic acids is 1. The molecule has 1 saturated heterocycles. The van der Waals surface area contributed by atoms with Crippen molar-refractivity contribution in [3.8, 4) is 0 Å². The van der Waals surface area contributed by atoms with E-state index in [4.69, 9.17) is 10.6 Å². The molecule has 1 saturated carbocycles. The lowest BCUT2D eigenvalue weighted by molar-refractivity contribution is 0.0695. The Morgan fingerprint density at radius 2 is 2.25 bits per heavy atom. The average molecular weight is 389 g/mol. The molecule has 2 fully saturated rings. The summed E-state index contributed by atoms with van der Waals surface area (Å²) in [5.74, 6) is -1.97. The number of nitrogens with zero attached hydrogens (tertiary/aromatic N) is 4. The second kappa shape index (κ2) is 6.86. The van der Waals surface area contributed by atoms with Gasteiger partial charge in [-0.2, -0.15) is 0 Å². The third-order valence-corrected chi connectivity index (χ3v) is 5.14. The average Bonchev–Trinajstić information content (AvgIpc) is 3.42. The van der Waals surface area contributed by atoms with Crippen molar-refractivity contribution in [3.05, 3.63) is 33.9 Å². The standard InChI is InChI=1S/C18H20FN5O4/c1-28-22-9-4-11(6-20)23(7-9)17-14(19)5-12-15(25)13(18(26)27)8-24(10-2-3-10)16(12)21-17/h5,8,10-11H,2-4,6-7,20H2,1H3,(H,26,27)/b22-9-. The van der Waals surface area contributed by atoms with Crippen LogP contribution in [0.4, 0.5) is 10.2 Å². The third-order valence-electron chi connectivity index (χ3n) is 5.14. The van der Waals surface area contributed by atoms with Crippen molar-refractivity contribution in [2.24, 2.45) is 10.9 Å². The fourth-order valence-electron chi connectivity index (χ4n) is 3.65. The van der Waals surface area contributed by atoms with Crippen molar-refractivity contribution < 1.29 is 19.1 Å². The fourth-order valence-corrected chi connectivity index (χ4v) is 3.65. The maximum atomic E-state index is 14.9. The van der Waals surface area contributed by atoms with Crippen molar-refractivity contribution >= 4 is 28.5 Å². The molecule has 4 rings (SSSR count). The molecule has 2 aromatic heterocycles. The van der Waals surface area contributed by atoms with Crippen LogP contribution in [0, 0.1) is 5.82 Å². The summed E-state index contributed by atoms with van der Waals surface area (Å²) in [6, 6.07) is 0.930. The molecule has 28 heavy (non-hydrogen) atoms. The molecule has 2 aromatic rings. The Balaban J connectivity index is 1.90. The van der Waals surface area contributed by atoms with Crippen molar-refractivity contribution in [1.29, 1.82) is 0 Å². The normalized spacial score (nSPS) is 20.9. The lowest BCUT2D eigenvalue weighted by Gasteiger charge is -2.25. The summed E-state index contributed by atoms with van der Waals surface area (Å²) in [7, 11) is 1.44. The highest BCUT2D eigenvalue weighted by molar-refractivity contribution is 5.94. The number of aromatic carboxylic acids is 1. The Morgan fingerprint density at radius 3 is 2.86 bits per heavy atom. The number of nitrogens with two attached hydrogens (primary N) is 1. The number of fused-ring (bicyclic) bond motifs is 1. The Hall–Kier alpha value is -3.01. The molecule has 148 valence electrons. The van der Waals surface area contributed by atoms with E-state index in [1.54, 1.807) is 9.47 Å². The van der Waals surface area contributed by atoms with Gasteiger partial charge >= 0.3 is 5.97 Å². The van der Waals surface area contributed by atoms with Gasteiger partial charge in [-0.05, 0) is 18.9 Å². The Morgan fingerprint density at radius 1 is 1.50 bits per heavy atom. The first-order valence-corrected chi connectivity index (χ1v) is 8.98. The summed E-state index contributed by atoms with van der Waals surface area (Å²) >= 11 is 0. The number of rotatable bonds is 5. The number of pyridine rings is 2. The van der Waals surface area contributed by atoms with E-state index in [0.29, 0.717) is 13.0 Å². The molecule has 3 heterocycles. The highest BCUT2D eigenvalue weighted by Gasteiger charge is 2.33. The lowest BCUT2D eigenvalue weighted by atomic mass is 10.1. The smallest absolute Gasteiger partial charge is 0.341 e. The first kappa shape index (κ1) is 18.4. The number of oxime groups is 1. The van der Waals surface area contributed by atoms with E-state index in [1.165, 1.54) is 13.3 Å². The van der Waals surface area contributed by atoms with Gasteiger partial charge in [0.1, 0.15) is 18.3 Å². The number of hydrogen-bond donors (Lipinski definition) is 2. The Bertz CT molecular complexity index is 1050. The summed E-state index contributed by atoms with van der Waals surface area (Å²) in [5.41, 5.74) is 5.72. The van der Waals surface area contributed by atoms with Crippen LogP contribution in [0.25, 0.3) is 11.0 Å². The molecule has 3 N–H and O–H groups in total. The first-order chi connectivity index (χ1) is 13.4. The summed E-state index contributed by atoms with van der Waals surface area (Å²) < 4.78 is 16.6. The van der Waals surface area contributed by atoms with Gasteiger partial charge in [0.15, 0.2) is 11.6 Å².